The Balaban J connectivity index is 1.77. The molecule has 0 bridgehead atoms. The van der Waals surface area contributed by atoms with E-state index in [1.54, 1.807) is 43.7 Å². The summed E-state index contributed by atoms with van der Waals surface area (Å²) in [6, 6.07) is 5.71. The van der Waals surface area contributed by atoms with Crippen LogP contribution in [0.5, 0.6) is 11.5 Å². The largest absolute Gasteiger partial charge is 0.483 e. The highest BCUT2D eigenvalue weighted by molar-refractivity contribution is 9.25. The molecule has 164 valence electrons. The number of carbonyl (C=O) groups is 1. The van der Waals surface area contributed by atoms with Gasteiger partial charge in [0.25, 0.3) is 0 Å². The summed E-state index contributed by atoms with van der Waals surface area (Å²) < 4.78 is 15.5. The standard InChI is InChI=1S/C20H32N2O3S4/c1-6-8-13-22(14-9-7-2)27-29-28-26-21(5)19(23)24-17-12-10-11-16-15-20(3,4)25-18(16)17/h10-12H,6-9,13-15H2,1-5H3. The molecule has 0 aliphatic carbocycles. The lowest BCUT2D eigenvalue weighted by atomic mass is 10.0. The van der Waals surface area contributed by atoms with Gasteiger partial charge in [-0.1, -0.05) is 38.8 Å². The molecular formula is C20H32N2O3S4. The molecule has 0 aromatic heterocycles. The van der Waals surface area contributed by atoms with Gasteiger partial charge < -0.3 is 9.47 Å². The summed E-state index contributed by atoms with van der Waals surface area (Å²) in [7, 11) is 8.12. The number of benzene rings is 1. The van der Waals surface area contributed by atoms with Crippen LogP contribution in [0.2, 0.25) is 0 Å². The first-order chi connectivity index (χ1) is 13.9. The van der Waals surface area contributed by atoms with Crippen LogP contribution in [-0.4, -0.2) is 40.4 Å². The minimum Gasteiger partial charge on any atom is -0.483 e. The Morgan fingerprint density at radius 3 is 2.45 bits per heavy atom. The fraction of sp³-hybridized carbons (Fsp3) is 0.650. The van der Waals surface area contributed by atoms with E-state index in [1.165, 1.54) is 41.0 Å². The molecule has 0 radical (unpaired) electrons. The Hall–Kier alpha value is -0.350. The number of amides is 1. The molecule has 5 nitrogen and oxygen atoms in total. The summed E-state index contributed by atoms with van der Waals surface area (Å²) in [6.07, 6.45) is 5.24. The number of nitrogens with zero attached hydrogens (tertiary/aromatic N) is 2. The van der Waals surface area contributed by atoms with Gasteiger partial charge in [0.05, 0.1) is 0 Å². The Kier molecular flexibility index (Phi) is 10.7. The molecule has 0 unspecified atom stereocenters. The smallest absolute Gasteiger partial charge is 0.425 e. The first kappa shape index (κ1) is 24.9. The number of hydrogen-bond donors (Lipinski definition) is 0. The number of carbonyl (C=O) groups excluding carboxylic acids is 1. The zero-order valence-corrected chi connectivity index (χ0v) is 21.2. The molecule has 0 spiro atoms. The zero-order valence-electron chi connectivity index (χ0n) is 17.9. The van der Waals surface area contributed by atoms with Gasteiger partial charge in [0, 0.05) is 73.7 Å². The Labute approximate surface area is 190 Å². The maximum Gasteiger partial charge on any atom is 0.425 e. The monoisotopic (exact) mass is 476 g/mol. The topological polar surface area (TPSA) is 42.0 Å². The quantitative estimate of drug-likeness (QED) is 0.178. The second-order valence-corrected chi connectivity index (χ2v) is 13.4. The van der Waals surface area contributed by atoms with Crippen LogP contribution in [0.1, 0.15) is 58.9 Å². The molecule has 1 heterocycles. The highest BCUT2D eigenvalue weighted by atomic mass is 33.7. The van der Waals surface area contributed by atoms with Crippen molar-refractivity contribution in [3.8, 4) is 11.5 Å². The minimum absolute atomic E-state index is 0.267. The molecule has 0 saturated heterocycles. The summed E-state index contributed by atoms with van der Waals surface area (Å²) in [5.41, 5.74) is 0.813. The lowest BCUT2D eigenvalue weighted by Gasteiger charge is -2.20. The number of hydrogen-bond acceptors (Lipinski definition) is 8. The van der Waals surface area contributed by atoms with Gasteiger partial charge in [-0.2, -0.15) is 0 Å². The molecule has 0 atom stereocenters. The van der Waals surface area contributed by atoms with Crippen LogP contribution in [0.4, 0.5) is 4.79 Å². The molecule has 0 saturated carbocycles. The summed E-state index contributed by atoms with van der Waals surface area (Å²) in [4.78, 5) is 12.5. The molecule has 1 amide bonds. The van der Waals surface area contributed by atoms with Gasteiger partial charge in [-0.05, 0) is 32.8 Å². The third-order valence-corrected chi connectivity index (χ3v) is 10.4. The van der Waals surface area contributed by atoms with Crippen LogP contribution in [0.25, 0.3) is 0 Å². The molecule has 0 fully saturated rings. The zero-order chi connectivity index (χ0) is 21.3. The van der Waals surface area contributed by atoms with Crippen LogP contribution in [0.3, 0.4) is 0 Å². The number of para-hydroxylation sites is 1. The Morgan fingerprint density at radius 2 is 1.79 bits per heavy atom. The van der Waals surface area contributed by atoms with Crippen molar-refractivity contribution in [1.29, 1.82) is 0 Å². The average molecular weight is 477 g/mol. The maximum absolute atomic E-state index is 12.5. The van der Waals surface area contributed by atoms with Crippen molar-refractivity contribution in [3.63, 3.8) is 0 Å². The second kappa shape index (κ2) is 12.5. The number of fused-ring (bicyclic) bond motifs is 1. The van der Waals surface area contributed by atoms with Crippen LogP contribution in [0, 0.1) is 0 Å². The first-order valence-electron chi connectivity index (χ1n) is 10.1. The highest BCUT2D eigenvalue weighted by Gasteiger charge is 2.33. The van der Waals surface area contributed by atoms with Gasteiger partial charge in [0.2, 0.25) is 0 Å². The third kappa shape index (κ3) is 8.36. The van der Waals surface area contributed by atoms with Crippen molar-refractivity contribution < 1.29 is 14.3 Å². The van der Waals surface area contributed by atoms with Crippen LogP contribution < -0.4 is 9.47 Å². The summed E-state index contributed by atoms with van der Waals surface area (Å²) in [5.74, 6) is 1.17. The number of ether oxygens (including phenoxy) is 2. The van der Waals surface area contributed by atoms with Crippen LogP contribution >= 0.6 is 41.6 Å². The third-order valence-electron chi connectivity index (χ3n) is 4.34. The lowest BCUT2D eigenvalue weighted by molar-refractivity contribution is 0.132. The Bertz CT molecular complexity index is 653. The van der Waals surface area contributed by atoms with E-state index in [2.05, 4.69) is 18.2 Å². The van der Waals surface area contributed by atoms with Crippen LogP contribution in [0.15, 0.2) is 18.2 Å². The van der Waals surface area contributed by atoms with E-state index in [1.807, 2.05) is 26.0 Å². The van der Waals surface area contributed by atoms with Gasteiger partial charge >= 0.3 is 6.09 Å². The Morgan fingerprint density at radius 1 is 1.14 bits per heavy atom. The number of rotatable bonds is 12. The van der Waals surface area contributed by atoms with Gasteiger partial charge in [-0.15, -0.1) is 0 Å². The molecule has 1 aliphatic heterocycles. The highest BCUT2D eigenvalue weighted by Crippen LogP contribution is 2.46. The number of unbranched alkanes of at least 4 members (excludes halogenated alkanes) is 2. The molecule has 0 N–H and O–H groups in total. The summed E-state index contributed by atoms with van der Waals surface area (Å²) in [6.45, 7) is 10.7. The predicted octanol–water partition coefficient (Wildman–Crippen LogP) is 7.24. The van der Waals surface area contributed by atoms with E-state index in [0.717, 1.165) is 25.1 Å². The van der Waals surface area contributed by atoms with Crippen molar-refractivity contribution in [1.82, 2.24) is 8.61 Å². The van der Waals surface area contributed by atoms with E-state index in [-0.39, 0.29) is 5.60 Å². The van der Waals surface area contributed by atoms with Crippen LogP contribution in [-0.2, 0) is 6.42 Å². The van der Waals surface area contributed by atoms with E-state index < -0.39 is 6.09 Å². The van der Waals surface area contributed by atoms with Gasteiger partial charge in [0.1, 0.15) is 5.60 Å². The molecule has 1 aromatic carbocycles. The molecule has 1 aromatic rings. The van der Waals surface area contributed by atoms with E-state index >= 15 is 0 Å². The molecular weight excluding hydrogens is 444 g/mol. The van der Waals surface area contributed by atoms with Crippen molar-refractivity contribution in [2.24, 2.45) is 0 Å². The van der Waals surface area contributed by atoms with Crippen molar-refractivity contribution in [3.05, 3.63) is 23.8 Å². The van der Waals surface area contributed by atoms with Gasteiger partial charge in [-0.25, -0.2) is 13.4 Å². The fourth-order valence-electron chi connectivity index (χ4n) is 2.83. The summed E-state index contributed by atoms with van der Waals surface area (Å²) in [5, 5.41) is 0. The molecule has 2 rings (SSSR count). The summed E-state index contributed by atoms with van der Waals surface area (Å²) >= 11 is 0. The van der Waals surface area contributed by atoms with E-state index in [0.29, 0.717) is 11.5 Å². The normalized spacial score (nSPS) is 14.6. The molecule has 9 heteroatoms. The SMILES string of the molecule is CCCCN(CCCC)SSSSN(C)C(=O)Oc1cccc2c1OC(C)(C)C2. The molecule has 1 aliphatic rings. The molecule has 29 heavy (non-hydrogen) atoms. The van der Waals surface area contributed by atoms with E-state index in [9.17, 15) is 4.79 Å². The van der Waals surface area contributed by atoms with Gasteiger partial charge in [-0.3, -0.25) is 0 Å². The lowest BCUT2D eigenvalue weighted by Crippen LogP contribution is -2.25. The second-order valence-electron chi connectivity index (χ2n) is 7.57. The van der Waals surface area contributed by atoms with Crippen molar-refractivity contribution >= 4 is 47.7 Å². The minimum atomic E-state index is -0.399. The maximum atomic E-state index is 12.5. The van der Waals surface area contributed by atoms with Crippen molar-refractivity contribution in [2.75, 3.05) is 20.1 Å². The fourth-order valence-corrected chi connectivity index (χ4v) is 8.25. The first-order valence-corrected chi connectivity index (χ1v) is 14.8. The van der Waals surface area contributed by atoms with E-state index in [4.69, 9.17) is 9.47 Å². The average Bonchev–Trinajstić information content (AvgIpc) is 3.01. The predicted molar refractivity (Wildman–Crippen MR) is 130 cm³/mol. The van der Waals surface area contributed by atoms with Gasteiger partial charge in [0.15, 0.2) is 11.5 Å². The van der Waals surface area contributed by atoms with Crippen molar-refractivity contribution in [2.45, 2.75) is 65.4 Å².